The molecule has 1 N–H and O–H groups in total. The van der Waals surface area contributed by atoms with Gasteiger partial charge in [-0.3, -0.25) is 4.79 Å². The van der Waals surface area contributed by atoms with E-state index in [0.29, 0.717) is 24.5 Å². The van der Waals surface area contributed by atoms with Crippen LogP contribution in [-0.4, -0.2) is 17.4 Å². The summed E-state index contributed by atoms with van der Waals surface area (Å²) in [6.45, 7) is 9.32. The summed E-state index contributed by atoms with van der Waals surface area (Å²) in [5.41, 5.74) is 2.12. The smallest absolute Gasteiger partial charge is 0.331 e. The van der Waals surface area contributed by atoms with Crippen molar-refractivity contribution in [2.45, 2.75) is 66.2 Å². The highest BCUT2D eigenvalue weighted by Crippen LogP contribution is 2.61. The van der Waals surface area contributed by atoms with Gasteiger partial charge >= 0.3 is 5.97 Å². The lowest BCUT2D eigenvalue weighted by molar-refractivity contribution is -0.133. The van der Waals surface area contributed by atoms with Gasteiger partial charge in [0.15, 0.2) is 0 Å². The Balaban J connectivity index is 2.27. The number of carboxylic acids is 1. The molecule has 4 atom stereocenters. The molecular formula is C20H30O3. The van der Waals surface area contributed by atoms with Crippen molar-refractivity contribution >= 4 is 12.3 Å². The molecule has 3 nitrogen and oxygen atoms in total. The van der Waals surface area contributed by atoms with Crippen LogP contribution in [0.15, 0.2) is 23.3 Å². The number of carbonyl (C=O) groups is 2. The molecule has 0 spiro atoms. The minimum absolute atomic E-state index is 0.125. The zero-order valence-electron chi connectivity index (χ0n) is 14.9. The highest BCUT2D eigenvalue weighted by Gasteiger charge is 2.52. The minimum Gasteiger partial charge on any atom is -0.478 e. The number of hydrogen-bond acceptors (Lipinski definition) is 2. The SMILES string of the molecule is CC1=CCC[C@@H]2[C@@](C)(CC/C(=C/C=O)C(=O)O)[C@H](C)CC[C@@]12C. The summed E-state index contributed by atoms with van der Waals surface area (Å²) in [6, 6.07) is 0. The Morgan fingerprint density at radius 1 is 1.39 bits per heavy atom. The maximum Gasteiger partial charge on any atom is 0.331 e. The number of fused-ring (bicyclic) bond motifs is 1. The van der Waals surface area contributed by atoms with Gasteiger partial charge in [0.05, 0.1) is 0 Å². The molecule has 0 saturated heterocycles. The van der Waals surface area contributed by atoms with E-state index >= 15 is 0 Å². The lowest BCUT2D eigenvalue weighted by atomic mass is 9.47. The second-order valence-corrected chi connectivity index (χ2v) is 8.01. The second-order valence-electron chi connectivity index (χ2n) is 8.01. The molecule has 128 valence electrons. The first-order valence-corrected chi connectivity index (χ1v) is 8.80. The number of carboxylic acid groups (broad SMARTS) is 1. The summed E-state index contributed by atoms with van der Waals surface area (Å²) in [7, 11) is 0. The van der Waals surface area contributed by atoms with E-state index in [0.717, 1.165) is 12.8 Å². The van der Waals surface area contributed by atoms with Crippen LogP contribution in [0.1, 0.15) is 66.2 Å². The summed E-state index contributed by atoms with van der Waals surface area (Å²) in [4.78, 5) is 22.0. The molecule has 1 fully saturated rings. The van der Waals surface area contributed by atoms with Crippen LogP contribution in [0.25, 0.3) is 0 Å². The van der Waals surface area contributed by atoms with Crippen molar-refractivity contribution in [2.75, 3.05) is 0 Å². The van der Waals surface area contributed by atoms with Gasteiger partial charge < -0.3 is 5.11 Å². The lowest BCUT2D eigenvalue weighted by Crippen LogP contribution is -2.49. The van der Waals surface area contributed by atoms with Crippen LogP contribution in [0.5, 0.6) is 0 Å². The van der Waals surface area contributed by atoms with Crippen molar-refractivity contribution in [1.82, 2.24) is 0 Å². The van der Waals surface area contributed by atoms with Crippen LogP contribution in [0.4, 0.5) is 0 Å². The molecule has 0 amide bonds. The number of aldehydes is 1. The van der Waals surface area contributed by atoms with E-state index < -0.39 is 5.97 Å². The maximum atomic E-state index is 11.3. The number of aliphatic carboxylic acids is 1. The molecule has 0 bridgehead atoms. The van der Waals surface area contributed by atoms with Gasteiger partial charge in [-0.2, -0.15) is 0 Å². The van der Waals surface area contributed by atoms with Gasteiger partial charge in [0.1, 0.15) is 6.29 Å². The van der Waals surface area contributed by atoms with Crippen LogP contribution < -0.4 is 0 Å². The van der Waals surface area contributed by atoms with Crippen LogP contribution in [0.3, 0.4) is 0 Å². The zero-order valence-corrected chi connectivity index (χ0v) is 14.9. The Morgan fingerprint density at radius 3 is 2.70 bits per heavy atom. The first-order valence-electron chi connectivity index (χ1n) is 8.80. The normalized spacial score (nSPS) is 37.7. The summed E-state index contributed by atoms with van der Waals surface area (Å²) in [5, 5.41) is 9.27. The Hall–Kier alpha value is -1.38. The third-order valence-electron chi connectivity index (χ3n) is 7.07. The predicted octanol–water partition coefficient (Wildman–Crippen LogP) is 4.78. The highest BCUT2D eigenvalue weighted by molar-refractivity contribution is 5.91. The van der Waals surface area contributed by atoms with E-state index in [4.69, 9.17) is 0 Å². The number of hydrogen-bond donors (Lipinski definition) is 1. The van der Waals surface area contributed by atoms with Gasteiger partial charge in [0.2, 0.25) is 0 Å². The molecule has 3 heteroatoms. The molecule has 0 aromatic heterocycles. The van der Waals surface area contributed by atoms with Crippen molar-refractivity contribution < 1.29 is 14.7 Å². The molecular weight excluding hydrogens is 288 g/mol. The zero-order chi connectivity index (χ0) is 17.3. The molecule has 23 heavy (non-hydrogen) atoms. The van der Waals surface area contributed by atoms with Crippen LogP contribution in [0, 0.1) is 22.7 Å². The highest BCUT2D eigenvalue weighted by atomic mass is 16.4. The van der Waals surface area contributed by atoms with E-state index in [1.807, 2.05) is 0 Å². The molecule has 0 unspecified atom stereocenters. The summed E-state index contributed by atoms with van der Waals surface area (Å²) >= 11 is 0. The van der Waals surface area contributed by atoms with Crippen LogP contribution >= 0.6 is 0 Å². The molecule has 2 aliphatic carbocycles. The third kappa shape index (κ3) is 3.15. The van der Waals surface area contributed by atoms with Gasteiger partial charge in [0, 0.05) is 5.57 Å². The summed E-state index contributed by atoms with van der Waals surface area (Å²) in [6.07, 6.45) is 10.2. The molecule has 2 aliphatic rings. The van der Waals surface area contributed by atoms with Crippen LogP contribution in [0.2, 0.25) is 0 Å². The van der Waals surface area contributed by atoms with Crippen molar-refractivity contribution in [3.63, 3.8) is 0 Å². The van der Waals surface area contributed by atoms with Crippen molar-refractivity contribution in [1.29, 1.82) is 0 Å². The van der Waals surface area contributed by atoms with E-state index in [2.05, 4.69) is 33.8 Å². The number of carbonyl (C=O) groups excluding carboxylic acids is 1. The Bertz CT molecular complexity index is 545. The second kappa shape index (κ2) is 6.62. The summed E-state index contributed by atoms with van der Waals surface area (Å²) < 4.78 is 0. The van der Waals surface area contributed by atoms with E-state index in [-0.39, 0.29) is 16.4 Å². The fourth-order valence-electron chi connectivity index (χ4n) is 5.08. The largest absolute Gasteiger partial charge is 0.478 e. The Labute approximate surface area is 139 Å². The number of rotatable bonds is 5. The van der Waals surface area contributed by atoms with Gasteiger partial charge in [-0.1, -0.05) is 32.4 Å². The molecule has 1 saturated carbocycles. The van der Waals surface area contributed by atoms with Crippen molar-refractivity contribution in [3.05, 3.63) is 23.3 Å². The molecule has 0 aliphatic heterocycles. The standard InChI is InChI=1S/C20H30O3/c1-14-6-5-7-17-19(14,3)11-8-15(2)20(17,4)12-9-16(10-13-21)18(22)23/h6,10,13,15,17H,5,7-9,11-12H2,1-4H3,(H,22,23)/b16-10-/t15-,17+,19+,20+/m1/s1. The minimum atomic E-state index is -0.966. The fraction of sp³-hybridized carbons (Fsp3) is 0.700. The summed E-state index contributed by atoms with van der Waals surface area (Å²) in [5.74, 6) is 0.208. The van der Waals surface area contributed by atoms with Crippen molar-refractivity contribution in [3.8, 4) is 0 Å². The Morgan fingerprint density at radius 2 is 2.09 bits per heavy atom. The first-order chi connectivity index (χ1) is 10.8. The van der Waals surface area contributed by atoms with Crippen molar-refractivity contribution in [2.24, 2.45) is 22.7 Å². The van der Waals surface area contributed by atoms with Crippen LogP contribution in [-0.2, 0) is 9.59 Å². The lowest BCUT2D eigenvalue weighted by Gasteiger charge is -2.58. The van der Waals surface area contributed by atoms with Gasteiger partial charge in [-0.25, -0.2) is 4.79 Å². The number of allylic oxidation sites excluding steroid dienone is 3. The Kier molecular flexibility index (Phi) is 5.17. The van der Waals surface area contributed by atoms with E-state index in [1.54, 1.807) is 0 Å². The quantitative estimate of drug-likeness (QED) is 0.451. The molecule has 0 aromatic rings. The molecule has 0 heterocycles. The van der Waals surface area contributed by atoms with Gasteiger partial charge in [-0.05, 0) is 74.2 Å². The molecule has 0 radical (unpaired) electrons. The van der Waals surface area contributed by atoms with Gasteiger partial charge in [-0.15, -0.1) is 0 Å². The molecule has 0 aromatic carbocycles. The van der Waals surface area contributed by atoms with Gasteiger partial charge in [0.25, 0.3) is 0 Å². The van der Waals surface area contributed by atoms with E-state index in [9.17, 15) is 14.7 Å². The monoisotopic (exact) mass is 318 g/mol. The first kappa shape index (κ1) is 18.0. The average molecular weight is 318 g/mol. The maximum absolute atomic E-state index is 11.3. The van der Waals surface area contributed by atoms with E-state index in [1.165, 1.54) is 30.9 Å². The fourth-order valence-corrected chi connectivity index (χ4v) is 5.08. The third-order valence-corrected chi connectivity index (χ3v) is 7.07. The predicted molar refractivity (Wildman–Crippen MR) is 92.1 cm³/mol. The molecule has 2 rings (SSSR count). The average Bonchev–Trinajstić information content (AvgIpc) is 2.50. The topological polar surface area (TPSA) is 54.4 Å².